The van der Waals surface area contributed by atoms with Crippen molar-refractivity contribution in [2.45, 2.75) is 66.0 Å². The van der Waals surface area contributed by atoms with Crippen LogP contribution in [0.3, 0.4) is 0 Å². The number of ether oxygens (including phenoxy) is 1. The van der Waals surface area contributed by atoms with Crippen molar-refractivity contribution >= 4 is 5.78 Å². The average Bonchev–Trinajstić information content (AvgIpc) is 2.72. The molecular weight excluding hydrogens is 254 g/mol. The van der Waals surface area contributed by atoms with Gasteiger partial charge in [0.05, 0.1) is 17.8 Å². The maximum absolute atomic E-state index is 11.0. The van der Waals surface area contributed by atoms with Gasteiger partial charge in [-0.1, -0.05) is 19.1 Å². The van der Waals surface area contributed by atoms with Gasteiger partial charge in [0.15, 0.2) is 0 Å². The first-order valence-corrected chi connectivity index (χ1v) is 7.31. The van der Waals surface area contributed by atoms with Crippen LogP contribution < -0.4 is 0 Å². The fourth-order valence-corrected chi connectivity index (χ4v) is 1.84. The van der Waals surface area contributed by atoms with Crippen molar-refractivity contribution in [1.82, 2.24) is 15.0 Å². The summed E-state index contributed by atoms with van der Waals surface area (Å²) in [4.78, 5) is 11.0. The Morgan fingerprint density at radius 2 is 2.15 bits per heavy atom. The van der Waals surface area contributed by atoms with E-state index in [2.05, 4.69) is 38.0 Å². The van der Waals surface area contributed by atoms with Crippen LogP contribution in [0.25, 0.3) is 0 Å². The zero-order chi connectivity index (χ0) is 15.2. The van der Waals surface area contributed by atoms with E-state index in [0.717, 1.165) is 18.7 Å². The molecule has 1 heterocycles. The van der Waals surface area contributed by atoms with Crippen molar-refractivity contribution < 1.29 is 9.53 Å². The molecule has 0 aromatic carbocycles. The second kappa shape index (κ2) is 7.53. The molecule has 20 heavy (non-hydrogen) atoms. The predicted molar refractivity (Wildman–Crippen MR) is 78.5 cm³/mol. The topological polar surface area (TPSA) is 57.0 Å². The van der Waals surface area contributed by atoms with Crippen molar-refractivity contribution in [3.05, 3.63) is 11.9 Å². The molecule has 1 aromatic rings. The maximum atomic E-state index is 11.0. The van der Waals surface area contributed by atoms with Crippen LogP contribution in [-0.2, 0) is 22.5 Å². The van der Waals surface area contributed by atoms with Gasteiger partial charge in [-0.3, -0.25) is 0 Å². The normalized spacial score (nSPS) is 12.1. The van der Waals surface area contributed by atoms with Gasteiger partial charge in [-0.05, 0) is 39.5 Å². The summed E-state index contributed by atoms with van der Waals surface area (Å²) >= 11 is 0. The molecule has 0 aliphatic rings. The smallest absolute Gasteiger partial charge is 0.130 e. The van der Waals surface area contributed by atoms with Gasteiger partial charge in [0.25, 0.3) is 0 Å². The lowest BCUT2D eigenvalue weighted by atomic mass is 10.1. The van der Waals surface area contributed by atoms with Gasteiger partial charge in [-0.2, -0.15) is 0 Å². The fraction of sp³-hybridized carbons (Fsp3) is 0.800. The number of aromatic nitrogens is 3. The Labute approximate surface area is 121 Å². The van der Waals surface area contributed by atoms with E-state index < -0.39 is 0 Å². The van der Waals surface area contributed by atoms with Gasteiger partial charge < -0.3 is 9.53 Å². The van der Waals surface area contributed by atoms with Crippen LogP contribution in [0.4, 0.5) is 0 Å². The molecule has 0 spiro atoms. The van der Waals surface area contributed by atoms with E-state index in [4.69, 9.17) is 4.74 Å². The van der Waals surface area contributed by atoms with Crippen molar-refractivity contribution in [1.29, 1.82) is 0 Å². The lowest BCUT2D eigenvalue weighted by molar-refractivity contribution is -0.117. The molecule has 0 unspecified atom stereocenters. The average molecular weight is 281 g/mol. The zero-order valence-corrected chi connectivity index (χ0v) is 13.3. The summed E-state index contributed by atoms with van der Waals surface area (Å²) in [5.74, 6) is 0.826. The maximum Gasteiger partial charge on any atom is 0.130 e. The van der Waals surface area contributed by atoms with Gasteiger partial charge in [0.1, 0.15) is 5.78 Å². The van der Waals surface area contributed by atoms with Crippen molar-refractivity contribution in [3.8, 4) is 0 Å². The number of aryl methyl sites for hydroxylation is 1. The number of ketones is 1. The summed E-state index contributed by atoms with van der Waals surface area (Å²) in [7, 11) is 0. The molecule has 0 bridgehead atoms. The third-order valence-corrected chi connectivity index (χ3v) is 3.05. The second-order valence-electron chi connectivity index (χ2n) is 6.40. The van der Waals surface area contributed by atoms with Gasteiger partial charge in [0, 0.05) is 19.2 Å². The van der Waals surface area contributed by atoms with Crippen LogP contribution in [0.5, 0.6) is 0 Å². The summed E-state index contributed by atoms with van der Waals surface area (Å²) in [6.45, 7) is 11.5. The first-order chi connectivity index (χ1) is 9.28. The molecule has 0 fully saturated rings. The number of hydrogen-bond acceptors (Lipinski definition) is 4. The second-order valence-corrected chi connectivity index (χ2v) is 6.40. The van der Waals surface area contributed by atoms with E-state index in [1.807, 2.05) is 6.20 Å². The fourth-order valence-electron chi connectivity index (χ4n) is 1.84. The largest absolute Gasteiger partial charge is 0.374 e. The molecule has 1 aromatic heterocycles. The Morgan fingerprint density at radius 3 is 2.75 bits per heavy atom. The lowest BCUT2D eigenvalue weighted by Crippen LogP contribution is -2.31. The molecule has 0 atom stereocenters. The molecule has 0 aliphatic heterocycles. The predicted octanol–water partition coefficient (Wildman–Crippen LogP) is 2.64. The number of hydrogen-bond donors (Lipinski definition) is 0. The van der Waals surface area contributed by atoms with Crippen molar-refractivity contribution in [2.75, 3.05) is 6.61 Å². The van der Waals surface area contributed by atoms with Gasteiger partial charge in [-0.15, -0.1) is 5.10 Å². The Balaban J connectivity index is 2.44. The van der Waals surface area contributed by atoms with Crippen LogP contribution in [-0.4, -0.2) is 33.0 Å². The van der Waals surface area contributed by atoms with E-state index in [1.165, 1.54) is 0 Å². The first kappa shape index (κ1) is 16.8. The SMILES string of the molecule is CC(=O)CCc1cn(CC(C)(C)OCCC(C)C)nn1. The number of carbonyl (C=O) groups excluding carboxylic acids is 1. The number of nitrogens with zero attached hydrogens (tertiary/aromatic N) is 3. The zero-order valence-electron chi connectivity index (χ0n) is 13.3. The van der Waals surface area contributed by atoms with Gasteiger partial charge >= 0.3 is 0 Å². The molecule has 0 aliphatic carbocycles. The minimum atomic E-state index is -0.263. The van der Waals surface area contributed by atoms with Crippen molar-refractivity contribution in [3.63, 3.8) is 0 Å². The first-order valence-electron chi connectivity index (χ1n) is 7.31. The summed E-state index contributed by atoms with van der Waals surface area (Å²) in [5, 5.41) is 8.18. The third kappa shape index (κ3) is 6.80. The molecule has 5 nitrogen and oxygen atoms in total. The Morgan fingerprint density at radius 1 is 1.45 bits per heavy atom. The van der Waals surface area contributed by atoms with E-state index in [1.54, 1.807) is 11.6 Å². The molecule has 1 rings (SSSR count). The molecule has 5 heteroatoms. The van der Waals surface area contributed by atoms with E-state index in [9.17, 15) is 4.79 Å². The lowest BCUT2D eigenvalue weighted by Gasteiger charge is -2.25. The number of Topliss-reactive ketones (excluding diaryl/α,β-unsaturated/α-hetero) is 1. The minimum absolute atomic E-state index is 0.178. The Hall–Kier alpha value is -1.23. The number of carbonyl (C=O) groups is 1. The third-order valence-electron chi connectivity index (χ3n) is 3.05. The highest BCUT2D eigenvalue weighted by Crippen LogP contribution is 2.14. The molecule has 114 valence electrons. The van der Waals surface area contributed by atoms with Crippen LogP contribution in [0.1, 0.15) is 53.2 Å². The standard InChI is InChI=1S/C15H27N3O2/c1-12(2)8-9-20-15(4,5)11-18-10-14(16-17-18)7-6-13(3)19/h10,12H,6-9,11H2,1-5H3. The Kier molecular flexibility index (Phi) is 6.33. The van der Waals surface area contributed by atoms with Gasteiger partial charge in [0.2, 0.25) is 0 Å². The highest BCUT2D eigenvalue weighted by atomic mass is 16.5. The van der Waals surface area contributed by atoms with Crippen LogP contribution in [0.15, 0.2) is 6.20 Å². The molecule has 0 saturated heterocycles. The molecule has 0 saturated carbocycles. The van der Waals surface area contributed by atoms with E-state index in [0.29, 0.717) is 25.3 Å². The molecule has 0 N–H and O–H groups in total. The highest BCUT2D eigenvalue weighted by molar-refractivity contribution is 5.75. The van der Waals surface area contributed by atoms with E-state index >= 15 is 0 Å². The summed E-state index contributed by atoms with van der Waals surface area (Å²) in [6.07, 6.45) is 4.14. The Bertz CT molecular complexity index is 425. The van der Waals surface area contributed by atoms with Crippen LogP contribution >= 0.6 is 0 Å². The monoisotopic (exact) mass is 281 g/mol. The molecular formula is C15H27N3O2. The van der Waals surface area contributed by atoms with Crippen molar-refractivity contribution in [2.24, 2.45) is 5.92 Å². The van der Waals surface area contributed by atoms with E-state index in [-0.39, 0.29) is 11.4 Å². The quantitative estimate of drug-likeness (QED) is 0.698. The molecule has 0 radical (unpaired) electrons. The summed E-state index contributed by atoms with van der Waals surface area (Å²) in [5.41, 5.74) is 0.596. The number of rotatable bonds is 9. The van der Waals surface area contributed by atoms with Gasteiger partial charge in [-0.25, -0.2) is 4.68 Å². The summed E-state index contributed by atoms with van der Waals surface area (Å²) in [6, 6.07) is 0. The van der Waals surface area contributed by atoms with Crippen LogP contribution in [0.2, 0.25) is 0 Å². The molecule has 0 amide bonds. The summed E-state index contributed by atoms with van der Waals surface area (Å²) < 4.78 is 7.71. The van der Waals surface area contributed by atoms with Crippen LogP contribution in [0, 0.1) is 5.92 Å². The highest BCUT2D eigenvalue weighted by Gasteiger charge is 2.20. The minimum Gasteiger partial charge on any atom is -0.374 e.